The molecule has 0 spiro atoms. The number of rotatable bonds is 4. The fourth-order valence-electron chi connectivity index (χ4n) is 1.43. The minimum absolute atomic E-state index is 0.0481. The van der Waals surface area contributed by atoms with E-state index in [2.05, 4.69) is 5.32 Å². The van der Waals surface area contributed by atoms with Crippen molar-refractivity contribution in [3.05, 3.63) is 29.3 Å². The standard InChI is InChI=1S/C12H14N2O4/c1-7(15)14-6-11(17)12(18)9-4-8(5-13)2-3-10(9)16/h2-4,11-12,16-18H,6H2,1H3,(H,14,15). The van der Waals surface area contributed by atoms with E-state index in [0.29, 0.717) is 0 Å². The second-order valence-corrected chi connectivity index (χ2v) is 3.83. The van der Waals surface area contributed by atoms with E-state index in [1.54, 1.807) is 0 Å². The third-order valence-electron chi connectivity index (χ3n) is 2.40. The monoisotopic (exact) mass is 250 g/mol. The second kappa shape index (κ2) is 6.00. The SMILES string of the molecule is CC(=O)NCC(O)C(O)c1cc(C#N)ccc1O. The summed E-state index contributed by atoms with van der Waals surface area (Å²) in [6.45, 7) is 1.14. The highest BCUT2D eigenvalue weighted by atomic mass is 16.3. The summed E-state index contributed by atoms with van der Waals surface area (Å²) < 4.78 is 0. The molecule has 0 radical (unpaired) electrons. The first-order chi connectivity index (χ1) is 8.45. The number of carbonyl (C=O) groups excluding carboxylic acids is 1. The van der Waals surface area contributed by atoms with E-state index >= 15 is 0 Å². The summed E-state index contributed by atoms with van der Waals surface area (Å²) in [6, 6.07) is 5.81. The highest BCUT2D eigenvalue weighted by Crippen LogP contribution is 2.27. The van der Waals surface area contributed by atoms with Crippen LogP contribution in [-0.2, 0) is 4.79 Å². The summed E-state index contributed by atoms with van der Waals surface area (Å²) >= 11 is 0. The Kier molecular flexibility index (Phi) is 4.66. The molecule has 0 bridgehead atoms. The molecule has 1 aromatic rings. The van der Waals surface area contributed by atoms with Gasteiger partial charge >= 0.3 is 0 Å². The van der Waals surface area contributed by atoms with Crippen LogP contribution in [0.2, 0.25) is 0 Å². The van der Waals surface area contributed by atoms with Crippen LogP contribution < -0.4 is 5.32 Å². The number of hydrogen-bond acceptors (Lipinski definition) is 5. The van der Waals surface area contributed by atoms with Gasteiger partial charge in [-0.2, -0.15) is 5.26 Å². The van der Waals surface area contributed by atoms with Crippen LogP contribution in [0.15, 0.2) is 18.2 Å². The largest absolute Gasteiger partial charge is 0.508 e. The molecule has 0 aliphatic rings. The van der Waals surface area contributed by atoms with Crippen LogP contribution in [0.25, 0.3) is 0 Å². The maximum absolute atomic E-state index is 10.7. The van der Waals surface area contributed by atoms with E-state index in [1.807, 2.05) is 6.07 Å². The number of amides is 1. The van der Waals surface area contributed by atoms with E-state index in [9.17, 15) is 20.1 Å². The number of aromatic hydroxyl groups is 1. The lowest BCUT2D eigenvalue weighted by atomic mass is 10.0. The number of phenols is 1. The van der Waals surface area contributed by atoms with Gasteiger partial charge in [-0.25, -0.2) is 0 Å². The van der Waals surface area contributed by atoms with Gasteiger partial charge in [0.25, 0.3) is 0 Å². The molecule has 0 aliphatic heterocycles. The highest BCUT2D eigenvalue weighted by molar-refractivity contribution is 5.72. The quantitative estimate of drug-likeness (QED) is 0.590. The highest BCUT2D eigenvalue weighted by Gasteiger charge is 2.21. The van der Waals surface area contributed by atoms with Crippen molar-refractivity contribution in [3.63, 3.8) is 0 Å². The summed E-state index contributed by atoms with van der Waals surface area (Å²) in [5, 5.41) is 40.1. The number of hydrogen-bond donors (Lipinski definition) is 4. The predicted molar refractivity (Wildman–Crippen MR) is 62.5 cm³/mol. The lowest BCUT2D eigenvalue weighted by Crippen LogP contribution is -2.34. The van der Waals surface area contributed by atoms with Crippen molar-refractivity contribution < 1.29 is 20.1 Å². The minimum atomic E-state index is -1.38. The Morgan fingerprint density at radius 1 is 1.50 bits per heavy atom. The number of phenolic OH excluding ortho intramolecular Hbond substituents is 1. The summed E-state index contributed by atoms with van der Waals surface area (Å²) in [6.07, 6.45) is -2.65. The molecule has 1 aromatic carbocycles. The fraction of sp³-hybridized carbons (Fsp3) is 0.333. The number of carbonyl (C=O) groups is 1. The zero-order valence-electron chi connectivity index (χ0n) is 9.79. The maximum atomic E-state index is 10.7. The van der Waals surface area contributed by atoms with Gasteiger partial charge in [-0.3, -0.25) is 4.79 Å². The van der Waals surface area contributed by atoms with E-state index in [-0.39, 0.29) is 29.3 Å². The molecular formula is C12H14N2O4. The van der Waals surface area contributed by atoms with Gasteiger partial charge in [0.15, 0.2) is 0 Å². The second-order valence-electron chi connectivity index (χ2n) is 3.83. The lowest BCUT2D eigenvalue weighted by Gasteiger charge is -2.19. The third-order valence-corrected chi connectivity index (χ3v) is 2.40. The smallest absolute Gasteiger partial charge is 0.216 e. The van der Waals surface area contributed by atoms with Crippen molar-refractivity contribution in [1.82, 2.24) is 5.32 Å². The van der Waals surface area contributed by atoms with Crippen molar-refractivity contribution in [3.8, 4) is 11.8 Å². The summed E-state index contributed by atoms with van der Waals surface area (Å²) in [5.74, 6) is -0.556. The number of nitrogens with one attached hydrogen (secondary N) is 1. The Balaban J connectivity index is 2.85. The van der Waals surface area contributed by atoms with Gasteiger partial charge in [-0.1, -0.05) is 0 Å². The number of benzene rings is 1. The molecule has 1 rings (SSSR count). The van der Waals surface area contributed by atoms with E-state index in [0.717, 1.165) is 0 Å². The molecule has 18 heavy (non-hydrogen) atoms. The van der Waals surface area contributed by atoms with Crippen LogP contribution >= 0.6 is 0 Å². The first-order valence-electron chi connectivity index (χ1n) is 5.29. The Morgan fingerprint density at radius 3 is 2.72 bits per heavy atom. The van der Waals surface area contributed by atoms with Crippen molar-refractivity contribution in [2.24, 2.45) is 0 Å². The molecule has 96 valence electrons. The van der Waals surface area contributed by atoms with Gasteiger partial charge in [0, 0.05) is 19.0 Å². The number of nitrogens with zero attached hydrogens (tertiary/aromatic N) is 1. The molecular weight excluding hydrogens is 236 g/mol. The Labute approximate surface area is 104 Å². The zero-order valence-corrected chi connectivity index (χ0v) is 9.79. The van der Waals surface area contributed by atoms with E-state index in [4.69, 9.17) is 5.26 Å². The maximum Gasteiger partial charge on any atom is 0.216 e. The third kappa shape index (κ3) is 3.45. The first-order valence-corrected chi connectivity index (χ1v) is 5.29. The van der Waals surface area contributed by atoms with Gasteiger partial charge in [-0.05, 0) is 18.2 Å². The molecule has 0 heterocycles. The molecule has 2 unspecified atom stereocenters. The van der Waals surface area contributed by atoms with Crippen LogP contribution in [0.1, 0.15) is 24.2 Å². The van der Waals surface area contributed by atoms with Gasteiger partial charge in [0.2, 0.25) is 5.91 Å². The fourth-order valence-corrected chi connectivity index (χ4v) is 1.43. The summed E-state index contributed by atoms with van der Waals surface area (Å²) in [7, 11) is 0. The minimum Gasteiger partial charge on any atom is -0.508 e. The summed E-state index contributed by atoms with van der Waals surface area (Å²) in [5.41, 5.74) is 0.306. The van der Waals surface area contributed by atoms with Gasteiger partial charge in [0.1, 0.15) is 18.0 Å². The molecule has 0 aliphatic carbocycles. The number of nitriles is 1. The lowest BCUT2D eigenvalue weighted by molar-refractivity contribution is -0.119. The van der Waals surface area contributed by atoms with Crippen LogP contribution in [0.5, 0.6) is 5.75 Å². The van der Waals surface area contributed by atoms with Crippen LogP contribution in [0.4, 0.5) is 0 Å². The average Bonchev–Trinajstić information content (AvgIpc) is 2.35. The number of aliphatic hydroxyl groups excluding tert-OH is 2. The van der Waals surface area contributed by atoms with Crippen LogP contribution in [0.3, 0.4) is 0 Å². The molecule has 6 nitrogen and oxygen atoms in total. The predicted octanol–water partition coefficient (Wildman–Crippen LogP) is -0.206. The Bertz CT molecular complexity index is 481. The molecule has 0 fully saturated rings. The Morgan fingerprint density at radius 2 is 2.17 bits per heavy atom. The van der Waals surface area contributed by atoms with Crippen LogP contribution in [-0.4, -0.2) is 33.9 Å². The van der Waals surface area contributed by atoms with Gasteiger partial charge in [-0.15, -0.1) is 0 Å². The molecule has 0 saturated carbocycles. The molecule has 1 amide bonds. The molecule has 6 heteroatoms. The van der Waals surface area contributed by atoms with Crippen molar-refractivity contribution in [1.29, 1.82) is 5.26 Å². The summed E-state index contributed by atoms with van der Waals surface area (Å²) in [4.78, 5) is 10.7. The average molecular weight is 250 g/mol. The van der Waals surface area contributed by atoms with Crippen molar-refractivity contribution in [2.75, 3.05) is 6.54 Å². The van der Waals surface area contributed by atoms with Crippen LogP contribution in [0, 0.1) is 11.3 Å². The normalized spacial score (nSPS) is 13.4. The van der Waals surface area contributed by atoms with E-state index < -0.39 is 12.2 Å². The Hall–Kier alpha value is -2.10. The molecule has 2 atom stereocenters. The number of aliphatic hydroxyl groups is 2. The molecule has 4 N–H and O–H groups in total. The topological polar surface area (TPSA) is 114 Å². The van der Waals surface area contributed by atoms with Crippen molar-refractivity contribution >= 4 is 5.91 Å². The molecule has 0 aromatic heterocycles. The molecule has 0 saturated heterocycles. The zero-order chi connectivity index (χ0) is 13.7. The van der Waals surface area contributed by atoms with Gasteiger partial charge < -0.3 is 20.6 Å². The van der Waals surface area contributed by atoms with Gasteiger partial charge in [0.05, 0.1) is 11.6 Å². The first kappa shape index (κ1) is 14.0. The van der Waals surface area contributed by atoms with E-state index in [1.165, 1.54) is 25.1 Å². The van der Waals surface area contributed by atoms with Crippen molar-refractivity contribution in [2.45, 2.75) is 19.1 Å².